The summed E-state index contributed by atoms with van der Waals surface area (Å²) < 4.78 is 6.33. The monoisotopic (exact) mass is 437 g/mol. The number of Topliss-reactive ketones (excluding diaryl/α,β-unsaturated/α-hetero) is 1. The van der Waals surface area contributed by atoms with Crippen molar-refractivity contribution in [1.29, 1.82) is 0 Å². The highest BCUT2D eigenvalue weighted by Crippen LogP contribution is 2.43. The number of carbonyl (C=O) groups excluding carboxylic acids is 2. The number of halogens is 1. The number of likely N-dealkylation sites (tertiary alicyclic amines) is 1. The van der Waals surface area contributed by atoms with E-state index in [-0.39, 0.29) is 18.7 Å². The van der Waals surface area contributed by atoms with Crippen molar-refractivity contribution in [3.63, 3.8) is 0 Å². The number of benzene rings is 1. The van der Waals surface area contributed by atoms with Crippen LogP contribution >= 0.6 is 15.9 Å². The molecule has 0 spiro atoms. The van der Waals surface area contributed by atoms with Crippen molar-refractivity contribution in [2.45, 2.75) is 57.6 Å². The number of rotatable bonds is 2. The molecular formula is C20H24BrNO5. The Morgan fingerprint density at radius 1 is 1.33 bits per heavy atom. The molecule has 2 atom stereocenters. The minimum absolute atomic E-state index is 0.207. The number of carboxylic acid groups (broad SMARTS) is 1. The van der Waals surface area contributed by atoms with Crippen molar-refractivity contribution in [3.05, 3.63) is 33.8 Å². The lowest BCUT2D eigenvalue weighted by Crippen LogP contribution is -2.61. The minimum Gasteiger partial charge on any atom is -0.479 e. The maximum absolute atomic E-state index is 13.2. The first kappa shape index (κ1) is 19.9. The highest BCUT2D eigenvalue weighted by Gasteiger charge is 2.59. The van der Waals surface area contributed by atoms with Crippen LogP contribution in [0.15, 0.2) is 22.7 Å². The van der Waals surface area contributed by atoms with Crippen LogP contribution in [0.5, 0.6) is 0 Å². The number of carbonyl (C=O) groups is 3. The number of carboxylic acids is 1. The number of amides is 1. The molecule has 1 aliphatic heterocycles. The van der Waals surface area contributed by atoms with Crippen LogP contribution in [0.3, 0.4) is 0 Å². The smallest absolute Gasteiger partial charge is 0.411 e. The van der Waals surface area contributed by atoms with Crippen LogP contribution < -0.4 is 0 Å². The van der Waals surface area contributed by atoms with E-state index in [0.29, 0.717) is 24.8 Å². The van der Waals surface area contributed by atoms with Crippen molar-refractivity contribution in [2.24, 2.45) is 5.92 Å². The van der Waals surface area contributed by atoms with Gasteiger partial charge in [0.15, 0.2) is 11.3 Å². The van der Waals surface area contributed by atoms with Gasteiger partial charge in [0.2, 0.25) is 0 Å². The summed E-state index contributed by atoms with van der Waals surface area (Å²) in [5.74, 6) is -2.12. The standard InChI is InChI=1S/C20H24BrNO5/c1-19(2,3)27-18(26)22-10-4-9-20(22,17(24)25)15-8-5-12-11-13(21)6-7-14(12)16(15)23/h6-7,11,15H,4-5,8-10H2,1-3H3,(H,24,25)/t15?,20-/m0/s1. The van der Waals surface area contributed by atoms with Crippen LogP contribution in [0, 0.1) is 5.92 Å². The molecule has 146 valence electrons. The van der Waals surface area contributed by atoms with Gasteiger partial charge in [-0.05, 0) is 64.2 Å². The average Bonchev–Trinajstić information content (AvgIpc) is 2.99. The Balaban J connectivity index is 2.00. The Morgan fingerprint density at radius 3 is 2.67 bits per heavy atom. The predicted octanol–water partition coefficient (Wildman–Crippen LogP) is 4.05. The number of aliphatic carboxylic acids is 1. The number of hydrogen-bond donors (Lipinski definition) is 1. The SMILES string of the molecule is CC(C)(C)OC(=O)N1CCC[C@@]1(C(=O)O)C1CCc2cc(Br)ccc2C1=O. The van der Waals surface area contributed by atoms with E-state index < -0.39 is 29.1 Å². The van der Waals surface area contributed by atoms with Crippen LogP contribution in [-0.4, -0.2) is 45.5 Å². The van der Waals surface area contributed by atoms with Crippen molar-refractivity contribution in [3.8, 4) is 0 Å². The van der Waals surface area contributed by atoms with Crippen molar-refractivity contribution in [2.75, 3.05) is 6.54 Å². The molecule has 0 aromatic heterocycles. The topological polar surface area (TPSA) is 83.9 Å². The first-order valence-electron chi connectivity index (χ1n) is 9.13. The number of nitrogens with zero attached hydrogens (tertiary/aromatic N) is 1. The van der Waals surface area contributed by atoms with Crippen molar-refractivity contribution in [1.82, 2.24) is 4.90 Å². The first-order chi connectivity index (χ1) is 12.6. The molecule has 0 saturated carbocycles. The molecule has 1 N–H and O–H groups in total. The van der Waals surface area contributed by atoms with Gasteiger partial charge in [0.05, 0.1) is 5.92 Å². The highest BCUT2D eigenvalue weighted by atomic mass is 79.9. The summed E-state index contributed by atoms with van der Waals surface area (Å²) in [6.45, 7) is 5.49. The van der Waals surface area contributed by atoms with Gasteiger partial charge in [-0.1, -0.05) is 22.0 Å². The molecule has 1 aromatic rings. The van der Waals surface area contributed by atoms with Gasteiger partial charge in [-0.15, -0.1) is 0 Å². The lowest BCUT2D eigenvalue weighted by molar-refractivity contribution is -0.152. The van der Waals surface area contributed by atoms with Crippen LogP contribution in [0.25, 0.3) is 0 Å². The summed E-state index contributed by atoms with van der Waals surface area (Å²) in [6.07, 6.45) is 1.11. The second kappa shape index (κ2) is 6.93. The largest absolute Gasteiger partial charge is 0.479 e. The summed E-state index contributed by atoms with van der Waals surface area (Å²) in [5, 5.41) is 10.1. The number of ketones is 1. The zero-order valence-electron chi connectivity index (χ0n) is 15.8. The summed E-state index contributed by atoms with van der Waals surface area (Å²) >= 11 is 3.41. The van der Waals surface area contributed by atoms with Gasteiger partial charge in [-0.2, -0.15) is 0 Å². The molecule has 0 bridgehead atoms. The fraction of sp³-hybridized carbons (Fsp3) is 0.550. The molecule has 2 aliphatic rings. The first-order valence-corrected chi connectivity index (χ1v) is 9.92. The number of fused-ring (bicyclic) bond motifs is 1. The van der Waals surface area contributed by atoms with Gasteiger partial charge >= 0.3 is 12.1 Å². The fourth-order valence-electron chi connectivity index (χ4n) is 4.23. The van der Waals surface area contributed by atoms with Crippen LogP contribution in [-0.2, 0) is 16.0 Å². The minimum atomic E-state index is -1.55. The quantitative estimate of drug-likeness (QED) is 0.754. The predicted molar refractivity (Wildman–Crippen MR) is 103 cm³/mol. The van der Waals surface area contributed by atoms with Gasteiger partial charge in [0.25, 0.3) is 0 Å². The van der Waals surface area contributed by atoms with E-state index in [4.69, 9.17) is 4.74 Å². The normalized spacial score (nSPS) is 25.3. The van der Waals surface area contributed by atoms with E-state index in [1.165, 1.54) is 4.90 Å². The van der Waals surface area contributed by atoms with Gasteiger partial charge in [0.1, 0.15) is 5.60 Å². The second-order valence-corrected chi connectivity index (χ2v) is 9.14. The molecule has 1 fully saturated rings. The lowest BCUT2D eigenvalue weighted by atomic mass is 9.70. The molecule has 1 unspecified atom stereocenters. The lowest BCUT2D eigenvalue weighted by Gasteiger charge is -2.42. The summed E-state index contributed by atoms with van der Waals surface area (Å²) in [6, 6.07) is 5.42. The van der Waals surface area contributed by atoms with Gasteiger partial charge in [-0.25, -0.2) is 9.59 Å². The molecule has 27 heavy (non-hydrogen) atoms. The molecule has 1 saturated heterocycles. The molecule has 1 aromatic carbocycles. The Kier molecular flexibility index (Phi) is 5.10. The zero-order valence-corrected chi connectivity index (χ0v) is 17.3. The Hall–Kier alpha value is -1.89. The average molecular weight is 438 g/mol. The van der Waals surface area contributed by atoms with E-state index in [1.54, 1.807) is 32.9 Å². The number of hydrogen-bond acceptors (Lipinski definition) is 4. The van der Waals surface area contributed by atoms with E-state index in [0.717, 1.165) is 10.0 Å². The molecule has 1 amide bonds. The third-order valence-electron chi connectivity index (χ3n) is 5.33. The van der Waals surface area contributed by atoms with E-state index in [1.807, 2.05) is 6.07 Å². The molecule has 6 nitrogen and oxygen atoms in total. The Labute approximate surface area is 167 Å². The fourth-order valence-corrected chi connectivity index (χ4v) is 4.64. The molecule has 7 heteroatoms. The van der Waals surface area contributed by atoms with Gasteiger partial charge < -0.3 is 9.84 Å². The maximum Gasteiger partial charge on any atom is 0.411 e. The number of aryl methyl sites for hydroxylation is 1. The third kappa shape index (κ3) is 3.49. The highest BCUT2D eigenvalue weighted by molar-refractivity contribution is 9.10. The molecule has 1 aliphatic carbocycles. The summed E-state index contributed by atoms with van der Waals surface area (Å²) in [4.78, 5) is 39.6. The third-order valence-corrected chi connectivity index (χ3v) is 5.83. The Morgan fingerprint density at radius 2 is 2.04 bits per heavy atom. The van der Waals surface area contributed by atoms with E-state index in [9.17, 15) is 19.5 Å². The second-order valence-electron chi connectivity index (χ2n) is 8.22. The Bertz CT molecular complexity index is 800. The molecule has 0 radical (unpaired) electrons. The van der Waals surface area contributed by atoms with E-state index >= 15 is 0 Å². The maximum atomic E-state index is 13.2. The van der Waals surface area contributed by atoms with Crippen LogP contribution in [0.4, 0.5) is 4.79 Å². The summed E-state index contributed by atoms with van der Waals surface area (Å²) in [5.41, 5.74) is -0.831. The summed E-state index contributed by atoms with van der Waals surface area (Å²) in [7, 11) is 0. The van der Waals surface area contributed by atoms with Crippen molar-refractivity contribution >= 4 is 33.8 Å². The van der Waals surface area contributed by atoms with Gasteiger partial charge in [0, 0.05) is 16.6 Å². The molecule has 1 heterocycles. The van der Waals surface area contributed by atoms with Crippen LogP contribution in [0.1, 0.15) is 56.0 Å². The van der Waals surface area contributed by atoms with E-state index in [2.05, 4.69) is 15.9 Å². The van der Waals surface area contributed by atoms with Crippen LogP contribution in [0.2, 0.25) is 0 Å². The van der Waals surface area contributed by atoms with Crippen molar-refractivity contribution < 1.29 is 24.2 Å². The van der Waals surface area contributed by atoms with Gasteiger partial charge in [-0.3, -0.25) is 9.69 Å². The number of ether oxygens (including phenoxy) is 1. The molecular weight excluding hydrogens is 414 g/mol. The molecule has 3 rings (SSSR count). The zero-order chi connectivity index (χ0) is 20.0.